The van der Waals surface area contributed by atoms with Crippen molar-refractivity contribution in [2.45, 2.75) is 100 Å². The number of hydrogen-bond acceptors (Lipinski definition) is 5. The Morgan fingerprint density at radius 1 is 0.833 bits per heavy atom. The van der Waals surface area contributed by atoms with Gasteiger partial charge in [-0.1, -0.05) is 12.8 Å². The van der Waals surface area contributed by atoms with Crippen LogP contribution in [0, 0.1) is 11.8 Å². The van der Waals surface area contributed by atoms with Gasteiger partial charge >= 0.3 is 0 Å². The molecule has 166 valence electrons. The van der Waals surface area contributed by atoms with Crippen LogP contribution in [0.25, 0.3) is 0 Å². The van der Waals surface area contributed by atoms with Gasteiger partial charge < -0.3 is 15.1 Å². The number of nitrogens with zero attached hydrogens (tertiary/aromatic N) is 2. The number of amides is 2. The van der Waals surface area contributed by atoms with Gasteiger partial charge in [-0.15, -0.1) is 0 Å². The molecule has 4 saturated heterocycles. The second-order valence-corrected chi connectivity index (χ2v) is 10.9. The molecule has 6 unspecified atom stereocenters. The number of fused-ring (bicyclic) bond motifs is 2. The number of piperidine rings is 2. The highest BCUT2D eigenvalue weighted by Gasteiger charge is 2.54. The fraction of sp³-hybridized carbons (Fsp3) is 0.913. The third-order valence-corrected chi connectivity index (χ3v) is 9.19. The first kappa shape index (κ1) is 19.5. The minimum Gasteiger partial charge on any atom is -0.341 e. The fourth-order valence-electron chi connectivity index (χ4n) is 7.25. The van der Waals surface area contributed by atoms with Crippen LogP contribution in [0.5, 0.6) is 0 Å². The molecule has 4 aliphatic heterocycles. The Labute approximate surface area is 179 Å². The van der Waals surface area contributed by atoms with Crippen LogP contribution in [0.1, 0.15) is 70.6 Å². The minimum absolute atomic E-state index is 0.0112. The van der Waals surface area contributed by atoms with Crippen molar-refractivity contribution in [2.75, 3.05) is 19.6 Å². The zero-order valence-corrected chi connectivity index (χ0v) is 18.1. The van der Waals surface area contributed by atoms with Crippen LogP contribution in [0.15, 0.2) is 0 Å². The van der Waals surface area contributed by atoms with Crippen LogP contribution in [0.3, 0.4) is 0 Å². The molecule has 0 bridgehead atoms. The summed E-state index contributed by atoms with van der Waals surface area (Å²) in [7, 11) is 0. The summed E-state index contributed by atoms with van der Waals surface area (Å²) in [5, 5.41) is 3.66. The minimum atomic E-state index is -0.194. The summed E-state index contributed by atoms with van der Waals surface area (Å²) in [4.78, 5) is 31.1. The van der Waals surface area contributed by atoms with Crippen molar-refractivity contribution in [3.63, 3.8) is 0 Å². The average molecular weight is 416 g/mol. The van der Waals surface area contributed by atoms with Crippen LogP contribution >= 0.6 is 0 Å². The standard InChI is InChI=1S/C23H37N5O2/c29-21(19-13-15-5-1-2-6-17(15)24-19)27-12-7-18-16(14-27)20(26-25-18)22(30)28-11-4-3-8-23(28)9-10-23/h15-20,24-26H,1-14H2. The molecule has 0 radical (unpaired) electrons. The third-order valence-electron chi connectivity index (χ3n) is 9.19. The van der Waals surface area contributed by atoms with Gasteiger partial charge in [0.15, 0.2) is 0 Å². The molecule has 2 saturated carbocycles. The van der Waals surface area contributed by atoms with Crippen LogP contribution in [-0.2, 0) is 9.59 Å². The Balaban J connectivity index is 1.13. The Kier molecular flexibility index (Phi) is 4.84. The van der Waals surface area contributed by atoms with Crippen LogP contribution in [0.4, 0.5) is 0 Å². The zero-order chi connectivity index (χ0) is 20.3. The lowest BCUT2D eigenvalue weighted by molar-refractivity contribution is -0.141. The van der Waals surface area contributed by atoms with E-state index in [1.807, 2.05) is 0 Å². The predicted octanol–water partition coefficient (Wildman–Crippen LogP) is 1.15. The molecule has 7 nitrogen and oxygen atoms in total. The molecule has 6 fully saturated rings. The summed E-state index contributed by atoms with van der Waals surface area (Å²) in [5.74, 6) is 1.41. The summed E-state index contributed by atoms with van der Waals surface area (Å²) >= 11 is 0. The molecule has 1 spiro atoms. The molecule has 2 amide bonds. The van der Waals surface area contributed by atoms with Gasteiger partial charge in [-0.3, -0.25) is 15.0 Å². The highest BCUT2D eigenvalue weighted by molar-refractivity contribution is 5.85. The molecule has 0 aromatic carbocycles. The number of likely N-dealkylation sites (tertiary alicyclic amines) is 2. The molecule has 7 heteroatoms. The Bertz CT molecular complexity index is 696. The number of nitrogens with one attached hydrogen (secondary N) is 3. The lowest BCUT2D eigenvalue weighted by atomic mass is 9.84. The summed E-state index contributed by atoms with van der Waals surface area (Å²) in [5.41, 5.74) is 6.90. The molecule has 6 aliphatic rings. The summed E-state index contributed by atoms with van der Waals surface area (Å²) in [6, 6.07) is 0.633. The van der Waals surface area contributed by atoms with Gasteiger partial charge in [0.05, 0.1) is 6.04 Å². The third kappa shape index (κ3) is 3.19. The van der Waals surface area contributed by atoms with Gasteiger partial charge in [-0.2, -0.15) is 0 Å². The molecule has 0 aromatic rings. The van der Waals surface area contributed by atoms with E-state index >= 15 is 0 Å². The fourth-order valence-corrected chi connectivity index (χ4v) is 7.25. The van der Waals surface area contributed by atoms with Crippen molar-refractivity contribution in [2.24, 2.45) is 11.8 Å². The first-order chi connectivity index (χ1) is 14.6. The van der Waals surface area contributed by atoms with E-state index in [1.165, 1.54) is 51.4 Å². The van der Waals surface area contributed by atoms with E-state index in [0.717, 1.165) is 32.4 Å². The molecular formula is C23H37N5O2. The number of carbonyl (C=O) groups excluding carboxylic acids is 2. The van der Waals surface area contributed by atoms with Crippen LogP contribution in [-0.4, -0.2) is 71.0 Å². The maximum Gasteiger partial charge on any atom is 0.241 e. The summed E-state index contributed by atoms with van der Waals surface area (Å²) in [6.45, 7) is 2.41. The summed E-state index contributed by atoms with van der Waals surface area (Å²) < 4.78 is 0. The molecule has 6 rings (SSSR count). The van der Waals surface area contributed by atoms with Crippen molar-refractivity contribution in [1.82, 2.24) is 26.0 Å². The highest BCUT2D eigenvalue weighted by Crippen LogP contribution is 2.49. The predicted molar refractivity (Wildman–Crippen MR) is 113 cm³/mol. The van der Waals surface area contributed by atoms with E-state index in [4.69, 9.17) is 0 Å². The van der Waals surface area contributed by atoms with Crippen molar-refractivity contribution in [1.29, 1.82) is 0 Å². The van der Waals surface area contributed by atoms with E-state index in [1.54, 1.807) is 0 Å². The SMILES string of the molecule is O=C(C1CC2CCCCC2N1)N1CCC2NNC(C(=O)N3CCCCC34CC4)C2C1. The van der Waals surface area contributed by atoms with E-state index in [9.17, 15) is 9.59 Å². The lowest BCUT2D eigenvalue weighted by Gasteiger charge is -2.41. The normalized spacial score (nSPS) is 42.1. The van der Waals surface area contributed by atoms with E-state index in [-0.39, 0.29) is 35.4 Å². The first-order valence-electron chi connectivity index (χ1n) is 12.5. The first-order valence-corrected chi connectivity index (χ1v) is 12.5. The number of hydrogen-bond donors (Lipinski definition) is 3. The average Bonchev–Trinajstić information content (AvgIpc) is 3.23. The van der Waals surface area contributed by atoms with Gasteiger partial charge in [0, 0.05) is 43.2 Å². The molecule has 4 heterocycles. The highest BCUT2D eigenvalue weighted by atomic mass is 16.2. The molecule has 30 heavy (non-hydrogen) atoms. The monoisotopic (exact) mass is 415 g/mol. The Morgan fingerprint density at radius 2 is 1.70 bits per heavy atom. The van der Waals surface area contributed by atoms with E-state index < -0.39 is 0 Å². The molecule has 0 aromatic heterocycles. The second-order valence-electron chi connectivity index (χ2n) is 10.9. The topological polar surface area (TPSA) is 76.7 Å². The smallest absolute Gasteiger partial charge is 0.241 e. The van der Waals surface area contributed by atoms with Gasteiger partial charge in [0.1, 0.15) is 6.04 Å². The zero-order valence-electron chi connectivity index (χ0n) is 18.1. The molecule has 6 atom stereocenters. The quantitative estimate of drug-likeness (QED) is 0.631. The number of carbonyl (C=O) groups is 2. The van der Waals surface area contributed by atoms with E-state index in [0.29, 0.717) is 24.5 Å². The van der Waals surface area contributed by atoms with Crippen molar-refractivity contribution in [3.05, 3.63) is 0 Å². The second kappa shape index (κ2) is 7.45. The van der Waals surface area contributed by atoms with Gasteiger partial charge in [-0.25, -0.2) is 5.43 Å². The largest absolute Gasteiger partial charge is 0.341 e. The van der Waals surface area contributed by atoms with Crippen LogP contribution in [0.2, 0.25) is 0 Å². The molecular weight excluding hydrogens is 378 g/mol. The lowest BCUT2D eigenvalue weighted by Crippen LogP contribution is -2.57. The summed E-state index contributed by atoms with van der Waals surface area (Å²) in [6.07, 6.45) is 12.9. The van der Waals surface area contributed by atoms with Crippen LogP contribution < -0.4 is 16.2 Å². The Morgan fingerprint density at radius 3 is 2.53 bits per heavy atom. The van der Waals surface area contributed by atoms with Gasteiger partial charge in [-0.05, 0) is 63.7 Å². The Hall–Kier alpha value is -1.18. The molecule has 2 aliphatic carbocycles. The van der Waals surface area contributed by atoms with E-state index in [2.05, 4.69) is 26.0 Å². The number of rotatable bonds is 2. The number of hydrazine groups is 1. The van der Waals surface area contributed by atoms with Crippen molar-refractivity contribution < 1.29 is 9.59 Å². The maximum atomic E-state index is 13.5. The van der Waals surface area contributed by atoms with Crippen molar-refractivity contribution >= 4 is 11.8 Å². The van der Waals surface area contributed by atoms with Gasteiger partial charge in [0.2, 0.25) is 11.8 Å². The maximum absolute atomic E-state index is 13.5. The molecule has 3 N–H and O–H groups in total. The van der Waals surface area contributed by atoms with Gasteiger partial charge in [0.25, 0.3) is 0 Å². The van der Waals surface area contributed by atoms with Crippen molar-refractivity contribution in [3.8, 4) is 0 Å².